The minimum atomic E-state index is -1.42. The largest absolute Gasteiger partial charge is 0.478 e. The van der Waals surface area contributed by atoms with Crippen molar-refractivity contribution in [1.82, 2.24) is 5.32 Å². The maximum atomic E-state index is 12.9. The number of rotatable bonds is 2. The molecule has 0 atom stereocenters. The van der Waals surface area contributed by atoms with E-state index in [1.165, 1.54) is 0 Å². The average molecular weight is 145 g/mol. The molecule has 1 saturated heterocycles. The predicted molar refractivity (Wildman–Crippen MR) is 33.5 cm³/mol. The molecule has 1 rings (SSSR count). The first-order valence-corrected chi connectivity index (χ1v) is 2.94. The molecule has 4 heteroatoms. The molecule has 0 bridgehead atoms. The van der Waals surface area contributed by atoms with E-state index in [4.69, 9.17) is 5.11 Å². The summed E-state index contributed by atoms with van der Waals surface area (Å²) in [6, 6.07) is 0. The van der Waals surface area contributed by atoms with Crippen LogP contribution in [-0.4, -0.2) is 29.8 Å². The average Bonchev–Trinajstić information content (AvgIpc) is 1.79. The summed E-state index contributed by atoms with van der Waals surface area (Å²) < 4.78 is 12.9. The molecular weight excluding hydrogens is 137 g/mol. The molecule has 1 heterocycles. The zero-order valence-electron chi connectivity index (χ0n) is 5.30. The van der Waals surface area contributed by atoms with Crippen molar-refractivity contribution in [3.63, 3.8) is 0 Å². The monoisotopic (exact) mass is 145 g/mol. The smallest absolute Gasteiger partial charge is 0.328 e. The van der Waals surface area contributed by atoms with E-state index in [1.807, 2.05) is 0 Å². The third kappa shape index (κ3) is 1.54. The summed E-state index contributed by atoms with van der Waals surface area (Å²) in [6.45, 7) is 0.438. The van der Waals surface area contributed by atoms with Gasteiger partial charge in [-0.15, -0.1) is 0 Å². The van der Waals surface area contributed by atoms with E-state index in [0.29, 0.717) is 0 Å². The fraction of sp³-hybridized carbons (Fsp3) is 0.500. The second-order valence-corrected chi connectivity index (χ2v) is 2.31. The van der Waals surface area contributed by atoms with Gasteiger partial charge in [0.15, 0.2) is 5.67 Å². The number of hydrogen-bond acceptors (Lipinski definition) is 2. The first-order chi connectivity index (χ1) is 4.62. The van der Waals surface area contributed by atoms with Crippen LogP contribution in [0.1, 0.15) is 0 Å². The van der Waals surface area contributed by atoms with Crippen LogP contribution < -0.4 is 5.32 Å². The van der Waals surface area contributed by atoms with Gasteiger partial charge in [-0.2, -0.15) is 0 Å². The molecule has 3 nitrogen and oxygen atoms in total. The minimum Gasteiger partial charge on any atom is -0.478 e. The number of halogens is 1. The molecule has 1 fully saturated rings. The van der Waals surface area contributed by atoms with E-state index in [-0.39, 0.29) is 13.1 Å². The van der Waals surface area contributed by atoms with Gasteiger partial charge >= 0.3 is 5.97 Å². The van der Waals surface area contributed by atoms with Gasteiger partial charge in [0, 0.05) is 19.2 Å². The maximum absolute atomic E-state index is 12.9. The second-order valence-electron chi connectivity index (χ2n) is 2.31. The molecular formula is C6H8FNO2. The molecule has 0 aromatic heterocycles. The third-order valence-corrected chi connectivity index (χ3v) is 1.36. The van der Waals surface area contributed by atoms with E-state index < -0.39 is 11.6 Å². The standard InChI is InChI=1S/C6H8FNO2/c7-6(3-8-4-6)2-1-5(9)10/h1-2,8H,3-4H2,(H,9,10). The third-order valence-electron chi connectivity index (χ3n) is 1.36. The quantitative estimate of drug-likeness (QED) is 0.535. The summed E-state index contributed by atoms with van der Waals surface area (Å²) >= 11 is 0. The second kappa shape index (κ2) is 2.38. The lowest BCUT2D eigenvalue weighted by Crippen LogP contribution is -2.54. The Kier molecular flexibility index (Phi) is 1.72. The molecule has 10 heavy (non-hydrogen) atoms. The van der Waals surface area contributed by atoms with Crippen molar-refractivity contribution in [2.24, 2.45) is 0 Å². The van der Waals surface area contributed by atoms with Crippen molar-refractivity contribution in [2.75, 3.05) is 13.1 Å². The van der Waals surface area contributed by atoms with Crippen molar-refractivity contribution in [3.05, 3.63) is 12.2 Å². The number of aliphatic carboxylic acids is 1. The number of carboxylic acid groups (broad SMARTS) is 1. The van der Waals surface area contributed by atoms with Crippen LogP contribution in [0.15, 0.2) is 12.2 Å². The van der Waals surface area contributed by atoms with Crippen molar-refractivity contribution >= 4 is 5.97 Å². The van der Waals surface area contributed by atoms with Gasteiger partial charge in [0.2, 0.25) is 0 Å². The summed E-state index contributed by atoms with van der Waals surface area (Å²) in [6.07, 6.45) is 1.91. The number of hydrogen-bond donors (Lipinski definition) is 2. The summed E-state index contributed by atoms with van der Waals surface area (Å²) in [5.74, 6) is -1.11. The fourth-order valence-corrected chi connectivity index (χ4v) is 0.702. The Hall–Kier alpha value is -0.900. The van der Waals surface area contributed by atoms with E-state index in [1.54, 1.807) is 0 Å². The molecule has 0 aromatic carbocycles. The molecule has 0 amide bonds. The van der Waals surface area contributed by atoms with E-state index in [9.17, 15) is 9.18 Å². The summed E-state index contributed by atoms with van der Waals surface area (Å²) in [5, 5.41) is 10.8. The lowest BCUT2D eigenvalue weighted by molar-refractivity contribution is -0.131. The van der Waals surface area contributed by atoms with E-state index >= 15 is 0 Å². The molecule has 2 N–H and O–H groups in total. The maximum Gasteiger partial charge on any atom is 0.328 e. The summed E-state index contributed by atoms with van der Waals surface area (Å²) in [7, 11) is 0. The van der Waals surface area contributed by atoms with Gasteiger partial charge in [0.05, 0.1) is 0 Å². The van der Waals surface area contributed by atoms with Gasteiger partial charge < -0.3 is 10.4 Å². The van der Waals surface area contributed by atoms with Gasteiger partial charge in [0.25, 0.3) is 0 Å². The van der Waals surface area contributed by atoms with Crippen LogP contribution in [0.2, 0.25) is 0 Å². The van der Waals surface area contributed by atoms with Crippen LogP contribution in [0, 0.1) is 0 Å². The Morgan fingerprint density at radius 2 is 2.30 bits per heavy atom. The highest BCUT2D eigenvalue weighted by Crippen LogP contribution is 2.17. The molecule has 1 aliphatic rings. The fourth-order valence-electron chi connectivity index (χ4n) is 0.702. The first-order valence-electron chi connectivity index (χ1n) is 2.94. The van der Waals surface area contributed by atoms with Crippen LogP contribution in [0.3, 0.4) is 0 Å². The Labute approximate surface area is 57.5 Å². The van der Waals surface area contributed by atoms with Crippen LogP contribution >= 0.6 is 0 Å². The van der Waals surface area contributed by atoms with Crippen molar-refractivity contribution < 1.29 is 14.3 Å². The lowest BCUT2D eigenvalue weighted by Gasteiger charge is -2.31. The predicted octanol–water partition coefficient (Wildman–Crippen LogP) is -0.0613. The van der Waals surface area contributed by atoms with E-state index in [0.717, 1.165) is 12.2 Å². The highest BCUT2D eigenvalue weighted by molar-refractivity contribution is 5.80. The van der Waals surface area contributed by atoms with E-state index in [2.05, 4.69) is 5.32 Å². The Morgan fingerprint density at radius 3 is 2.60 bits per heavy atom. The number of carboxylic acids is 1. The number of alkyl halides is 1. The SMILES string of the molecule is O=C(O)C=CC1(F)CNC1. The summed E-state index contributed by atoms with van der Waals surface area (Å²) in [4.78, 5) is 9.91. The summed E-state index contributed by atoms with van der Waals surface area (Å²) in [5.41, 5.74) is -1.42. The Morgan fingerprint density at radius 1 is 1.70 bits per heavy atom. The minimum absolute atomic E-state index is 0.219. The number of carbonyl (C=O) groups is 1. The molecule has 0 unspecified atom stereocenters. The Bertz CT molecular complexity index is 175. The zero-order valence-corrected chi connectivity index (χ0v) is 5.30. The van der Waals surface area contributed by atoms with Crippen molar-refractivity contribution in [2.45, 2.75) is 5.67 Å². The van der Waals surface area contributed by atoms with Gasteiger partial charge in [-0.1, -0.05) is 0 Å². The lowest BCUT2D eigenvalue weighted by atomic mass is 9.99. The molecule has 0 aliphatic carbocycles. The van der Waals surface area contributed by atoms with Gasteiger partial charge in [0.1, 0.15) is 0 Å². The van der Waals surface area contributed by atoms with Crippen LogP contribution in [-0.2, 0) is 4.79 Å². The van der Waals surface area contributed by atoms with Crippen molar-refractivity contribution in [3.8, 4) is 0 Å². The Balaban J connectivity index is 2.43. The highest BCUT2D eigenvalue weighted by Gasteiger charge is 2.33. The van der Waals surface area contributed by atoms with Crippen LogP contribution in [0.25, 0.3) is 0 Å². The molecule has 0 spiro atoms. The molecule has 56 valence electrons. The first kappa shape index (κ1) is 7.21. The van der Waals surface area contributed by atoms with Crippen LogP contribution in [0.4, 0.5) is 4.39 Å². The molecule has 0 aromatic rings. The van der Waals surface area contributed by atoms with Gasteiger partial charge in [-0.25, -0.2) is 9.18 Å². The normalized spacial score (nSPS) is 22.5. The molecule has 1 aliphatic heterocycles. The van der Waals surface area contributed by atoms with Gasteiger partial charge in [-0.3, -0.25) is 0 Å². The highest BCUT2D eigenvalue weighted by atomic mass is 19.1. The zero-order chi connectivity index (χ0) is 7.61. The number of nitrogens with one attached hydrogen (secondary N) is 1. The van der Waals surface area contributed by atoms with Crippen LogP contribution in [0.5, 0.6) is 0 Å². The van der Waals surface area contributed by atoms with Gasteiger partial charge in [-0.05, 0) is 6.08 Å². The molecule has 0 saturated carbocycles. The van der Waals surface area contributed by atoms with Crippen molar-refractivity contribution in [1.29, 1.82) is 0 Å². The topological polar surface area (TPSA) is 49.3 Å². The molecule has 0 radical (unpaired) electrons.